The first-order valence-electron chi connectivity index (χ1n) is 9.56. The second kappa shape index (κ2) is 6.20. The van der Waals surface area contributed by atoms with Crippen LogP contribution in [0.5, 0.6) is 0 Å². The van der Waals surface area contributed by atoms with E-state index in [4.69, 9.17) is 0 Å². The van der Waals surface area contributed by atoms with Gasteiger partial charge in [0.15, 0.2) is 0 Å². The normalized spacial score (nSPS) is 32.9. The molecule has 3 rings (SSSR count). The lowest BCUT2D eigenvalue weighted by atomic mass is 9.84. The van der Waals surface area contributed by atoms with Crippen molar-refractivity contribution in [3.05, 3.63) is 45.8 Å². The van der Waals surface area contributed by atoms with Crippen LogP contribution in [-0.4, -0.2) is 42.4 Å². The lowest BCUT2D eigenvalue weighted by Crippen LogP contribution is -2.51. The molecule has 0 spiro atoms. The van der Waals surface area contributed by atoms with E-state index < -0.39 is 34.5 Å². The maximum absolute atomic E-state index is 13.0. The van der Waals surface area contributed by atoms with Gasteiger partial charge in [-0.25, -0.2) is 0 Å². The van der Waals surface area contributed by atoms with Crippen LogP contribution < -0.4 is 0 Å². The fourth-order valence-electron chi connectivity index (χ4n) is 3.91. The molecule has 0 saturated carbocycles. The van der Waals surface area contributed by atoms with Crippen LogP contribution in [0.3, 0.4) is 0 Å². The van der Waals surface area contributed by atoms with Gasteiger partial charge in [-0.2, -0.15) is 0 Å². The molecule has 1 aromatic rings. The Balaban J connectivity index is 2.03. The molecule has 2 heterocycles. The monoisotopic (exact) mass is 390 g/mol. The molecule has 2 aliphatic heterocycles. The van der Waals surface area contributed by atoms with E-state index in [1.165, 1.54) is 0 Å². The highest BCUT2D eigenvalue weighted by atomic mass is 16.6. The van der Waals surface area contributed by atoms with Gasteiger partial charge in [-0.3, -0.25) is 0 Å². The summed E-state index contributed by atoms with van der Waals surface area (Å²) in [6.07, 6.45) is -2.07. The molecule has 2 aliphatic rings. The van der Waals surface area contributed by atoms with Gasteiger partial charge in [0.2, 0.25) is 0 Å². The lowest BCUT2D eigenvalue weighted by molar-refractivity contribution is -0.233. The summed E-state index contributed by atoms with van der Waals surface area (Å²) in [7, 11) is 0. The zero-order valence-corrected chi connectivity index (χ0v) is 17.9. The van der Waals surface area contributed by atoms with Crippen molar-refractivity contribution in [1.29, 1.82) is 0 Å². The molecule has 0 amide bonds. The largest absolute Gasteiger partial charge is 0.783 e. The SMILES string of the molecule is CC1(C)N([O])C(c2cccc(C3N([O])C(C)(C)C(C)(C)N3[O-])c2)N([O-])C1(C)C. The molecule has 0 aromatic heterocycles. The molecular formula is C20H30N4O4-2. The van der Waals surface area contributed by atoms with E-state index in [1.807, 2.05) is 0 Å². The van der Waals surface area contributed by atoms with E-state index in [0.29, 0.717) is 11.1 Å². The maximum Gasteiger partial charge on any atom is 0.105 e. The molecule has 0 aliphatic carbocycles. The van der Waals surface area contributed by atoms with E-state index in [0.717, 1.165) is 20.3 Å². The van der Waals surface area contributed by atoms with Crippen molar-refractivity contribution in [1.82, 2.24) is 20.3 Å². The van der Waals surface area contributed by atoms with Gasteiger partial charge in [0.05, 0.1) is 11.1 Å². The molecule has 0 N–H and O–H groups in total. The van der Waals surface area contributed by atoms with Crippen LogP contribution in [0.25, 0.3) is 0 Å². The predicted octanol–water partition coefficient (Wildman–Crippen LogP) is 3.72. The molecule has 8 nitrogen and oxygen atoms in total. The molecule has 2 fully saturated rings. The highest BCUT2D eigenvalue weighted by Gasteiger charge is 2.57. The van der Waals surface area contributed by atoms with Crippen LogP contribution in [0.4, 0.5) is 0 Å². The topological polar surface area (TPSA) is 98.9 Å². The minimum Gasteiger partial charge on any atom is -0.783 e. The van der Waals surface area contributed by atoms with E-state index >= 15 is 0 Å². The molecule has 1 aromatic carbocycles. The highest BCUT2D eigenvalue weighted by Crippen LogP contribution is 2.51. The molecule has 0 bridgehead atoms. The van der Waals surface area contributed by atoms with E-state index in [1.54, 1.807) is 79.7 Å². The Morgan fingerprint density at radius 1 is 0.679 bits per heavy atom. The average Bonchev–Trinajstić information content (AvgIpc) is 2.79. The average molecular weight is 390 g/mol. The minimum absolute atomic E-state index is 0.477. The third-order valence-electron chi connectivity index (χ3n) is 7.59. The maximum atomic E-state index is 13.0. The molecule has 0 unspecified atom stereocenters. The van der Waals surface area contributed by atoms with Crippen LogP contribution >= 0.6 is 0 Å². The molecule has 2 saturated heterocycles. The molecule has 2 radical (unpaired) electrons. The zero-order valence-electron chi connectivity index (χ0n) is 17.9. The van der Waals surface area contributed by atoms with Gasteiger partial charge in [0, 0.05) is 11.1 Å². The third-order valence-corrected chi connectivity index (χ3v) is 7.59. The first-order valence-corrected chi connectivity index (χ1v) is 9.56. The number of hydrogen-bond acceptors (Lipinski definition) is 6. The summed E-state index contributed by atoms with van der Waals surface area (Å²) in [5, 5.41) is 55.1. The van der Waals surface area contributed by atoms with Crippen LogP contribution in [0, 0.1) is 10.4 Å². The molecule has 156 valence electrons. The van der Waals surface area contributed by atoms with Crippen LogP contribution in [-0.2, 0) is 10.4 Å². The zero-order chi connectivity index (χ0) is 21.4. The smallest absolute Gasteiger partial charge is 0.105 e. The number of nitrogens with zero attached hydrogens (tertiary/aromatic N) is 4. The number of benzene rings is 1. The summed E-state index contributed by atoms with van der Waals surface area (Å²) in [5.74, 6) is 0. The quantitative estimate of drug-likeness (QED) is 0.763. The Hall–Kier alpha value is -1.10. The highest BCUT2D eigenvalue weighted by molar-refractivity contribution is 5.32. The van der Waals surface area contributed by atoms with Crippen molar-refractivity contribution in [2.45, 2.75) is 89.9 Å². The van der Waals surface area contributed by atoms with Gasteiger partial charge in [0.1, 0.15) is 12.3 Å². The Morgan fingerprint density at radius 2 is 1.00 bits per heavy atom. The predicted molar refractivity (Wildman–Crippen MR) is 104 cm³/mol. The standard InChI is InChI=1S/C20H30N4O4/c1-17(2)18(3,4)22(26)15(21(17)25)13-10-9-11-14(12-13)16-23(27)19(5,6)20(7,8)24(16)28/h9-12,15-16H,1-8H3/q-2. The second-order valence-corrected chi connectivity index (χ2v) is 9.96. The Labute approximate surface area is 167 Å². The van der Waals surface area contributed by atoms with Crippen molar-refractivity contribution in [3.63, 3.8) is 0 Å². The summed E-state index contributed by atoms with van der Waals surface area (Å²) < 4.78 is 0. The number of hydrogen-bond donors (Lipinski definition) is 0. The summed E-state index contributed by atoms with van der Waals surface area (Å²) in [4.78, 5) is 0. The van der Waals surface area contributed by atoms with Crippen LogP contribution in [0.2, 0.25) is 0 Å². The molecule has 28 heavy (non-hydrogen) atoms. The fraction of sp³-hybridized carbons (Fsp3) is 0.700. The van der Waals surface area contributed by atoms with Gasteiger partial charge in [-0.15, -0.1) is 20.5 Å². The first kappa shape index (κ1) is 21.6. The molecule has 0 atom stereocenters. The van der Waals surface area contributed by atoms with Crippen molar-refractivity contribution in [2.24, 2.45) is 0 Å². The van der Waals surface area contributed by atoms with Gasteiger partial charge < -0.3 is 20.5 Å². The van der Waals surface area contributed by atoms with Crippen LogP contribution in [0.15, 0.2) is 24.3 Å². The lowest BCUT2D eigenvalue weighted by Gasteiger charge is -2.45. The van der Waals surface area contributed by atoms with Crippen LogP contribution in [0.1, 0.15) is 78.8 Å². The summed E-state index contributed by atoms with van der Waals surface area (Å²) in [5.41, 5.74) is -2.65. The third kappa shape index (κ3) is 2.54. The number of rotatable bonds is 2. The Morgan fingerprint density at radius 3 is 1.25 bits per heavy atom. The summed E-state index contributed by atoms with van der Waals surface area (Å²) in [6.45, 7) is 14.0. The van der Waals surface area contributed by atoms with Crippen molar-refractivity contribution >= 4 is 0 Å². The summed E-state index contributed by atoms with van der Waals surface area (Å²) in [6, 6.07) is 6.70. The molecule has 8 heteroatoms. The second-order valence-electron chi connectivity index (χ2n) is 9.96. The number of hydroxylamine groups is 8. The molecular weight excluding hydrogens is 360 g/mol. The van der Waals surface area contributed by atoms with Gasteiger partial charge >= 0.3 is 0 Å². The Kier molecular flexibility index (Phi) is 4.78. The van der Waals surface area contributed by atoms with Crippen molar-refractivity contribution in [3.8, 4) is 0 Å². The van der Waals surface area contributed by atoms with Gasteiger partial charge in [-0.1, -0.05) is 18.2 Å². The Bertz CT molecular complexity index is 665. The van der Waals surface area contributed by atoms with E-state index in [-0.39, 0.29) is 0 Å². The van der Waals surface area contributed by atoms with E-state index in [2.05, 4.69) is 0 Å². The minimum atomic E-state index is -1.03. The first-order chi connectivity index (χ1) is 12.6. The summed E-state index contributed by atoms with van der Waals surface area (Å²) >= 11 is 0. The van der Waals surface area contributed by atoms with Gasteiger partial charge in [0.25, 0.3) is 0 Å². The van der Waals surface area contributed by atoms with Gasteiger partial charge in [-0.05, 0) is 72.6 Å². The van der Waals surface area contributed by atoms with Crippen molar-refractivity contribution in [2.75, 3.05) is 0 Å². The van der Waals surface area contributed by atoms with Crippen molar-refractivity contribution < 1.29 is 10.4 Å². The van der Waals surface area contributed by atoms with E-state index in [9.17, 15) is 20.8 Å². The fourth-order valence-corrected chi connectivity index (χ4v) is 3.91.